The molecule has 3 nitrogen and oxygen atoms in total. The molecule has 2 rings (SSSR count). The minimum absolute atomic E-state index is 0.0602. The molecule has 0 fully saturated rings. The zero-order valence-corrected chi connectivity index (χ0v) is 13.7. The van der Waals surface area contributed by atoms with Crippen LogP contribution in [0.25, 0.3) is 0 Å². The van der Waals surface area contributed by atoms with Crippen molar-refractivity contribution in [1.29, 1.82) is 0 Å². The van der Waals surface area contributed by atoms with Crippen molar-refractivity contribution in [3.8, 4) is 5.75 Å². The molecule has 1 N–H and O–H groups in total. The summed E-state index contributed by atoms with van der Waals surface area (Å²) in [5.74, 6) is -1.17. The second-order valence-electron chi connectivity index (χ2n) is 4.04. The highest BCUT2D eigenvalue weighted by Gasteiger charge is 2.09. The van der Waals surface area contributed by atoms with Crippen molar-refractivity contribution in [2.24, 2.45) is 0 Å². The Morgan fingerprint density at radius 1 is 1.14 bits per heavy atom. The predicted octanol–water partition coefficient (Wildman–Crippen LogP) is 4.51. The lowest BCUT2D eigenvalue weighted by molar-refractivity contribution is -0.118. The van der Waals surface area contributed by atoms with E-state index in [4.69, 9.17) is 4.74 Å². The minimum atomic E-state index is -0.555. The lowest BCUT2D eigenvalue weighted by Crippen LogP contribution is -2.20. The third-order valence-corrected chi connectivity index (χ3v) is 3.57. The number of amides is 1. The van der Waals surface area contributed by atoms with Crippen molar-refractivity contribution < 1.29 is 18.3 Å². The van der Waals surface area contributed by atoms with E-state index in [0.717, 1.165) is 0 Å². The van der Waals surface area contributed by atoms with Crippen LogP contribution in [0.3, 0.4) is 0 Å². The second-order valence-corrected chi connectivity index (χ2v) is 5.81. The van der Waals surface area contributed by atoms with Crippen LogP contribution >= 0.6 is 31.9 Å². The van der Waals surface area contributed by atoms with Gasteiger partial charge in [0, 0.05) is 4.47 Å². The highest BCUT2D eigenvalue weighted by atomic mass is 79.9. The highest BCUT2D eigenvalue weighted by Crippen LogP contribution is 2.25. The van der Waals surface area contributed by atoms with Gasteiger partial charge in [0.15, 0.2) is 6.61 Å². The molecule has 2 aromatic rings. The number of anilines is 1. The van der Waals surface area contributed by atoms with Crippen LogP contribution in [0, 0.1) is 11.6 Å². The first-order valence-electron chi connectivity index (χ1n) is 5.78. The molecule has 0 aromatic heterocycles. The molecule has 0 aliphatic carbocycles. The monoisotopic (exact) mass is 419 g/mol. The summed E-state index contributed by atoms with van der Waals surface area (Å²) in [7, 11) is 0. The van der Waals surface area contributed by atoms with E-state index < -0.39 is 17.5 Å². The maximum Gasteiger partial charge on any atom is 0.262 e. The summed E-state index contributed by atoms with van der Waals surface area (Å²) in [5, 5.41) is 2.39. The number of carbonyl (C=O) groups excluding carboxylic acids is 1. The van der Waals surface area contributed by atoms with E-state index in [-0.39, 0.29) is 12.3 Å². The maximum atomic E-state index is 13.5. The summed E-state index contributed by atoms with van der Waals surface area (Å²) in [6.07, 6.45) is 0. The van der Waals surface area contributed by atoms with Gasteiger partial charge in [-0.3, -0.25) is 4.79 Å². The Morgan fingerprint density at radius 3 is 2.57 bits per heavy atom. The van der Waals surface area contributed by atoms with Crippen molar-refractivity contribution in [3.05, 3.63) is 57.0 Å². The average molecular weight is 421 g/mol. The van der Waals surface area contributed by atoms with Gasteiger partial charge in [-0.15, -0.1) is 0 Å². The van der Waals surface area contributed by atoms with Crippen molar-refractivity contribution in [2.45, 2.75) is 0 Å². The fourth-order valence-corrected chi connectivity index (χ4v) is 2.31. The molecule has 1 amide bonds. The highest BCUT2D eigenvalue weighted by molar-refractivity contribution is 9.10. The van der Waals surface area contributed by atoms with Gasteiger partial charge >= 0.3 is 0 Å². The van der Waals surface area contributed by atoms with Crippen LogP contribution in [0.1, 0.15) is 0 Å². The summed E-state index contributed by atoms with van der Waals surface area (Å²) < 4.78 is 32.6. The molecule has 0 saturated heterocycles. The fraction of sp³-hybridized carbons (Fsp3) is 0.0714. The Kier molecular flexibility index (Phi) is 5.30. The third kappa shape index (κ3) is 4.50. The Hall–Kier alpha value is -1.47. The van der Waals surface area contributed by atoms with E-state index >= 15 is 0 Å². The molecule has 0 aliphatic heterocycles. The molecule has 2 aromatic carbocycles. The summed E-state index contributed by atoms with van der Waals surface area (Å²) in [6.45, 7) is -0.320. The van der Waals surface area contributed by atoms with Gasteiger partial charge in [0.2, 0.25) is 0 Å². The number of hydrogen-bond donors (Lipinski definition) is 1. The number of rotatable bonds is 4. The molecule has 0 heterocycles. The molecule has 0 saturated carbocycles. The SMILES string of the molecule is O=C(COc1ccc(F)cc1Br)Nc1ccc(Br)cc1F. The fourth-order valence-electron chi connectivity index (χ4n) is 1.51. The third-order valence-electron chi connectivity index (χ3n) is 2.46. The van der Waals surface area contributed by atoms with Gasteiger partial charge < -0.3 is 10.1 Å². The van der Waals surface area contributed by atoms with Crippen LogP contribution in [0.2, 0.25) is 0 Å². The molecule has 0 spiro atoms. The van der Waals surface area contributed by atoms with Gasteiger partial charge in [-0.1, -0.05) is 15.9 Å². The van der Waals surface area contributed by atoms with Crippen LogP contribution in [-0.4, -0.2) is 12.5 Å². The predicted molar refractivity (Wildman–Crippen MR) is 82.3 cm³/mol. The molecule has 0 bridgehead atoms. The zero-order chi connectivity index (χ0) is 15.4. The summed E-state index contributed by atoms with van der Waals surface area (Å²) in [6, 6.07) is 8.12. The quantitative estimate of drug-likeness (QED) is 0.790. The van der Waals surface area contributed by atoms with Crippen molar-refractivity contribution >= 4 is 43.5 Å². The molecular formula is C14H9Br2F2NO2. The smallest absolute Gasteiger partial charge is 0.262 e. The van der Waals surface area contributed by atoms with Gasteiger partial charge in [-0.05, 0) is 52.3 Å². The first-order valence-corrected chi connectivity index (χ1v) is 7.37. The van der Waals surface area contributed by atoms with Crippen LogP contribution < -0.4 is 10.1 Å². The first kappa shape index (κ1) is 15.9. The molecule has 21 heavy (non-hydrogen) atoms. The topological polar surface area (TPSA) is 38.3 Å². The van der Waals surface area contributed by atoms with Crippen molar-refractivity contribution in [1.82, 2.24) is 0 Å². The van der Waals surface area contributed by atoms with Gasteiger partial charge in [0.1, 0.15) is 17.4 Å². The van der Waals surface area contributed by atoms with Gasteiger partial charge in [0.25, 0.3) is 5.91 Å². The van der Waals surface area contributed by atoms with Crippen molar-refractivity contribution in [2.75, 3.05) is 11.9 Å². The van der Waals surface area contributed by atoms with E-state index in [1.165, 1.54) is 30.3 Å². The van der Waals surface area contributed by atoms with Gasteiger partial charge in [-0.2, -0.15) is 0 Å². The molecule has 7 heteroatoms. The normalized spacial score (nSPS) is 10.3. The summed E-state index contributed by atoms with van der Waals surface area (Å²) >= 11 is 6.25. The Morgan fingerprint density at radius 2 is 1.90 bits per heavy atom. The lowest BCUT2D eigenvalue weighted by Gasteiger charge is -2.09. The average Bonchev–Trinajstić information content (AvgIpc) is 2.41. The van der Waals surface area contributed by atoms with E-state index in [9.17, 15) is 13.6 Å². The Balaban J connectivity index is 1.96. The molecule has 0 radical (unpaired) electrons. The lowest BCUT2D eigenvalue weighted by atomic mass is 10.3. The molecule has 0 atom stereocenters. The van der Waals surface area contributed by atoms with Crippen LogP contribution in [-0.2, 0) is 4.79 Å². The van der Waals surface area contributed by atoms with E-state index in [1.54, 1.807) is 6.07 Å². The maximum absolute atomic E-state index is 13.5. The summed E-state index contributed by atoms with van der Waals surface area (Å²) in [4.78, 5) is 11.7. The largest absolute Gasteiger partial charge is 0.483 e. The van der Waals surface area contributed by atoms with Gasteiger partial charge in [-0.25, -0.2) is 8.78 Å². The number of ether oxygens (including phenoxy) is 1. The number of benzene rings is 2. The van der Waals surface area contributed by atoms with Crippen LogP contribution in [0.5, 0.6) is 5.75 Å². The number of carbonyl (C=O) groups is 1. The second kappa shape index (κ2) is 7.00. The van der Waals surface area contributed by atoms with Gasteiger partial charge in [0.05, 0.1) is 10.2 Å². The van der Waals surface area contributed by atoms with E-state index in [2.05, 4.69) is 37.2 Å². The minimum Gasteiger partial charge on any atom is -0.483 e. The number of halogens is 4. The summed E-state index contributed by atoms with van der Waals surface area (Å²) in [5.41, 5.74) is 0.0602. The Labute approximate surface area is 136 Å². The van der Waals surface area contributed by atoms with E-state index in [0.29, 0.717) is 14.7 Å². The molecule has 110 valence electrons. The van der Waals surface area contributed by atoms with Crippen LogP contribution in [0.15, 0.2) is 45.3 Å². The number of nitrogens with one attached hydrogen (secondary N) is 1. The van der Waals surface area contributed by atoms with Crippen molar-refractivity contribution in [3.63, 3.8) is 0 Å². The molecule has 0 aliphatic rings. The standard InChI is InChI=1S/C14H9Br2F2NO2/c15-8-1-3-12(11(18)5-8)19-14(20)7-21-13-4-2-9(17)6-10(13)16/h1-6H,7H2,(H,19,20). The Bertz CT molecular complexity index is 680. The molecule has 0 unspecified atom stereocenters. The van der Waals surface area contributed by atoms with E-state index in [1.807, 2.05) is 0 Å². The zero-order valence-electron chi connectivity index (χ0n) is 10.5. The first-order chi connectivity index (χ1) is 9.95. The van der Waals surface area contributed by atoms with Crippen LogP contribution in [0.4, 0.5) is 14.5 Å². The number of hydrogen-bond acceptors (Lipinski definition) is 2. The molecular weight excluding hydrogens is 412 g/mol.